The fraction of sp³-hybridized carbons (Fsp3) is 0.923. The predicted molar refractivity (Wildman–Crippen MR) is 69.2 cm³/mol. The van der Waals surface area contributed by atoms with Gasteiger partial charge in [-0.1, -0.05) is 26.7 Å². The molecular weight excluding hydrogens is 216 g/mol. The second-order valence-corrected chi connectivity index (χ2v) is 5.33. The fourth-order valence-corrected chi connectivity index (χ4v) is 2.55. The van der Waals surface area contributed by atoms with E-state index in [-0.39, 0.29) is 6.04 Å². The zero-order valence-corrected chi connectivity index (χ0v) is 11.3. The molecule has 0 aliphatic carbocycles. The minimum absolute atomic E-state index is 0.351. The van der Waals surface area contributed by atoms with Gasteiger partial charge in [-0.05, 0) is 32.4 Å². The Hall–Kier alpha value is -0.610. The first-order valence-electron chi connectivity index (χ1n) is 6.72. The van der Waals surface area contributed by atoms with E-state index in [9.17, 15) is 9.90 Å². The number of aliphatic carboxylic acids is 1. The number of carbonyl (C=O) groups is 1. The second kappa shape index (κ2) is 6.97. The van der Waals surface area contributed by atoms with Gasteiger partial charge in [0, 0.05) is 12.6 Å². The molecule has 100 valence electrons. The van der Waals surface area contributed by atoms with Crippen LogP contribution in [0.1, 0.15) is 39.5 Å². The highest BCUT2D eigenvalue weighted by Gasteiger charge is 2.28. The van der Waals surface area contributed by atoms with Crippen LogP contribution in [0, 0.1) is 5.92 Å². The number of nitrogens with one attached hydrogen (secondary N) is 1. The van der Waals surface area contributed by atoms with Gasteiger partial charge in [0.05, 0.1) is 0 Å². The van der Waals surface area contributed by atoms with Crippen LogP contribution in [0.5, 0.6) is 0 Å². The Bertz CT molecular complexity index is 246. The summed E-state index contributed by atoms with van der Waals surface area (Å²) >= 11 is 0. The zero-order chi connectivity index (χ0) is 12.8. The van der Waals surface area contributed by atoms with E-state index in [1.165, 1.54) is 0 Å². The van der Waals surface area contributed by atoms with Crippen molar-refractivity contribution in [3.8, 4) is 0 Å². The standard InChI is InChI=1S/C13H26N2O2/c1-4-5-6-12(13(16)17)14-11-7-8-15(3)9-10(11)2/h10-12,14H,4-9H2,1-3H3,(H,16,17). The predicted octanol–water partition coefficient (Wildman–Crippen LogP) is 1.56. The van der Waals surface area contributed by atoms with Crippen molar-refractivity contribution in [2.75, 3.05) is 20.1 Å². The van der Waals surface area contributed by atoms with Crippen molar-refractivity contribution in [2.24, 2.45) is 5.92 Å². The summed E-state index contributed by atoms with van der Waals surface area (Å²) in [4.78, 5) is 13.5. The number of rotatable bonds is 6. The molecule has 0 spiro atoms. The molecule has 0 saturated carbocycles. The Labute approximate surface area is 104 Å². The minimum Gasteiger partial charge on any atom is -0.480 e. The van der Waals surface area contributed by atoms with Crippen LogP contribution >= 0.6 is 0 Å². The van der Waals surface area contributed by atoms with Crippen molar-refractivity contribution in [1.82, 2.24) is 10.2 Å². The lowest BCUT2D eigenvalue weighted by atomic mass is 9.93. The van der Waals surface area contributed by atoms with E-state index in [0.29, 0.717) is 12.0 Å². The Morgan fingerprint density at radius 2 is 2.29 bits per heavy atom. The van der Waals surface area contributed by atoms with Crippen LogP contribution in [0.3, 0.4) is 0 Å². The summed E-state index contributed by atoms with van der Waals surface area (Å²) in [5.74, 6) is -0.179. The average Bonchev–Trinajstić information content (AvgIpc) is 2.26. The highest BCUT2D eigenvalue weighted by atomic mass is 16.4. The summed E-state index contributed by atoms with van der Waals surface area (Å²) in [7, 11) is 2.12. The number of likely N-dealkylation sites (tertiary alicyclic amines) is 1. The van der Waals surface area contributed by atoms with Crippen molar-refractivity contribution in [3.05, 3.63) is 0 Å². The van der Waals surface area contributed by atoms with E-state index in [2.05, 4.69) is 31.1 Å². The molecule has 1 fully saturated rings. The summed E-state index contributed by atoms with van der Waals surface area (Å²) in [6.45, 7) is 6.41. The summed E-state index contributed by atoms with van der Waals surface area (Å²) in [6, 6.07) is -0.0186. The van der Waals surface area contributed by atoms with E-state index >= 15 is 0 Å². The smallest absolute Gasteiger partial charge is 0.320 e. The summed E-state index contributed by atoms with van der Waals surface area (Å²) in [6.07, 6.45) is 3.82. The van der Waals surface area contributed by atoms with E-state index in [1.54, 1.807) is 0 Å². The molecule has 2 N–H and O–H groups in total. The number of unbranched alkanes of at least 4 members (excludes halogenated alkanes) is 1. The molecule has 1 saturated heterocycles. The number of hydrogen-bond acceptors (Lipinski definition) is 3. The number of piperidine rings is 1. The van der Waals surface area contributed by atoms with Crippen LogP contribution in [-0.2, 0) is 4.79 Å². The van der Waals surface area contributed by atoms with Crippen molar-refractivity contribution in [2.45, 2.75) is 51.6 Å². The normalized spacial score (nSPS) is 27.9. The molecular formula is C13H26N2O2. The number of carboxylic acids is 1. The Kier molecular flexibility index (Phi) is 5.92. The topological polar surface area (TPSA) is 52.6 Å². The third kappa shape index (κ3) is 4.64. The molecule has 17 heavy (non-hydrogen) atoms. The monoisotopic (exact) mass is 242 g/mol. The molecule has 4 heteroatoms. The fourth-order valence-electron chi connectivity index (χ4n) is 2.55. The van der Waals surface area contributed by atoms with Gasteiger partial charge in [0.2, 0.25) is 0 Å². The largest absolute Gasteiger partial charge is 0.480 e. The quantitative estimate of drug-likeness (QED) is 0.742. The highest BCUT2D eigenvalue weighted by molar-refractivity contribution is 5.73. The van der Waals surface area contributed by atoms with Gasteiger partial charge < -0.3 is 15.3 Å². The van der Waals surface area contributed by atoms with Gasteiger partial charge >= 0.3 is 5.97 Å². The zero-order valence-electron chi connectivity index (χ0n) is 11.3. The van der Waals surface area contributed by atoms with Crippen molar-refractivity contribution < 1.29 is 9.90 Å². The Morgan fingerprint density at radius 3 is 2.82 bits per heavy atom. The lowest BCUT2D eigenvalue weighted by Gasteiger charge is -2.36. The SMILES string of the molecule is CCCCC(NC1CCN(C)CC1C)C(=O)O. The average molecular weight is 242 g/mol. The third-order valence-corrected chi connectivity index (χ3v) is 3.67. The van der Waals surface area contributed by atoms with Gasteiger partial charge in [-0.2, -0.15) is 0 Å². The summed E-state index contributed by atoms with van der Waals surface area (Å²) in [5, 5.41) is 12.5. The number of hydrogen-bond donors (Lipinski definition) is 2. The molecule has 1 rings (SSSR count). The molecule has 1 aliphatic rings. The molecule has 0 bridgehead atoms. The number of carboxylic acid groups (broad SMARTS) is 1. The van der Waals surface area contributed by atoms with Crippen molar-refractivity contribution in [1.29, 1.82) is 0 Å². The Morgan fingerprint density at radius 1 is 1.59 bits per heavy atom. The van der Waals surface area contributed by atoms with Gasteiger partial charge in [-0.3, -0.25) is 4.79 Å². The highest BCUT2D eigenvalue weighted by Crippen LogP contribution is 2.17. The minimum atomic E-state index is -0.704. The molecule has 3 unspecified atom stereocenters. The summed E-state index contributed by atoms with van der Waals surface area (Å²) in [5.41, 5.74) is 0. The van der Waals surface area contributed by atoms with Crippen LogP contribution < -0.4 is 5.32 Å². The molecule has 4 nitrogen and oxygen atoms in total. The van der Waals surface area contributed by atoms with E-state index in [0.717, 1.165) is 38.8 Å². The molecule has 0 aromatic carbocycles. The van der Waals surface area contributed by atoms with Gasteiger partial charge in [-0.25, -0.2) is 0 Å². The third-order valence-electron chi connectivity index (χ3n) is 3.67. The molecule has 0 radical (unpaired) electrons. The van der Waals surface area contributed by atoms with Crippen LogP contribution in [0.15, 0.2) is 0 Å². The molecule has 0 aromatic rings. The second-order valence-electron chi connectivity index (χ2n) is 5.33. The lowest BCUT2D eigenvalue weighted by molar-refractivity contribution is -0.140. The molecule has 0 amide bonds. The maximum absolute atomic E-state index is 11.2. The van der Waals surface area contributed by atoms with Crippen molar-refractivity contribution >= 4 is 5.97 Å². The van der Waals surface area contributed by atoms with Crippen molar-refractivity contribution in [3.63, 3.8) is 0 Å². The first kappa shape index (κ1) is 14.5. The molecule has 0 aromatic heterocycles. The molecule has 3 atom stereocenters. The van der Waals surface area contributed by atoms with E-state index in [1.807, 2.05) is 0 Å². The summed E-state index contributed by atoms with van der Waals surface area (Å²) < 4.78 is 0. The van der Waals surface area contributed by atoms with E-state index in [4.69, 9.17) is 0 Å². The molecule has 1 aliphatic heterocycles. The molecule has 1 heterocycles. The Balaban J connectivity index is 2.45. The van der Waals surface area contributed by atoms with Gasteiger partial charge in [0.25, 0.3) is 0 Å². The first-order valence-corrected chi connectivity index (χ1v) is 6.72. The van der Waals surface area contributed by atoms with Crippen LogP contribution in [0.25, 0.3) is 0 Å². The lowest BCUT2D eigenvalue weighted by Crippen LogP contribution is -2.52. The van der Waals surface area contributed by atoms with Crippen LogP contribution in [0.4, 0.5) is 0 Å². The van der Waals surface area contributed by atoms with E-state index < -0.39 is 5.97 Å². The van der Waals surface area contributed by atoms with Gasteiger partial charge in [-0.15, -0.1) is 0 Å². The maximum Gasteiger partial charge on any atom is 0.320 e. The van der Waals surface area contributed by atoms with Gasteiger partial charge in [0.1, 0.15) is 6.04 Å². The van der Waals surface area contributed by atoms with Gasteiger partial charge in [0.15, 0.2) is 0 Å². The number of nitrogens with zero attached hydrogens (tertiary/aromatic N) is 1. The maximum atomic E-state index is 11.2. The van der Waals surface area contributed by atoms with Crippen LogP contribution in [-0.4, -0.2) is 48.2 Å². The first-order chi connectivity index (χ1) is 8.04. The van der Waals surface area contributed by atoms with Crippen LogP contribution in [0.2, 0.25) is 0 Å².